The van der Waals surface area contributed by atoms with Gasteiger partial charge in [0.25, 0.3) is 0 Å². The minimum atomic E-state index is -0.00222. The third-order valence-corrected chi connectivity index (χ3v) is 2.45. The molecule has 3 nitrogen and oxygen atoms in total. The number of allylic oxidation sites excluding steroid dienone is 2. The zero-order valence-corrected chi connectivity index (χ0v) is 8.53. The summed E-state index contributed by atoms with van der Waals surface area (Å²) in [6.07, 6.45) is 10.1. The number of likely N-dealkylation sites (N-methyl/N-ethyl adjacent to an activating group) is 1. The van der Waals surface area contributed by atoms with Crippen molar-refractivity contribution < 1.29 is 9.53 Å². The number of nitrogens with zero attached hydrogens (tertiary/aromatic N) is 2. The van der Waals surface area contributed by atoms with Crippen LogP contribution >= 0.6 is 0 Å². The molecular weight excluding hydrogens is 164 g/mol. The van der Waals surface area contributed by atoms with Gasteiger partial charge in [-0.15, -0.1) is 0 Å². The van der Waals surface area contributed by atoms with Gasteiger partial charge in [0.1, 0.15) is 6.26 Å². The van der Waals surface area contributed by atoms with Crippen LogP contribution in [0.3, 0.4) is 0 Å². The standard InChI is InChI=1S/C10H17N2O/c1-4-5-6-7-10(2)8-9-13-11-12(10)3/h4-5,8-9H,6-7H2,1-3H3/q+1. The Morgan fingerprint density at radius 1 is 1.62 bits per heavy atom. The molecule has 0 aromatic rings. The molecule has 0 spiro atoms. The molecule has 0 saturated carbocycles. The van der Waals surface area contributed by atoms with Crippen molar-refractivity contribution >= 4 is 0 Å². The molecule has 1 aliphatic heterocycles. The summed E-state index contributed by atoms with van der Waals surface area (Å²) < 4.78 is 1.86. The van der Waals surface area contributed by atoms with Crippen LogP contribution in [-0.2, 0) is 4.84 Å². The zero-order valence-electron chi connectivity index (χ0n) is 8.53. The van der Waals surface area contributed by atoms with Gasteiger partial charge in [-0.05, 0) is 13.3 Å². The molecule has 1 atom stereocenters. The van der Waals surface area contributed by atoms with Crippen molar-refractivity contribution in [2.45, 2.75) is 32.2 Å². The number of hydrogen-bond acceptors (Lipinski definition) is 2. The highest BCUT2D eigenvalue weighted by Gasteiger charge is 2.34. The van der Waals surface area contributed by atoms with Crippen molar-refractivity contribution in [2.75, 3.05) is 7.05 Å². The van der Waals surface area contributed by atoms with Gasteiger partial charge in [-0.1, -0.05) is 16.8 Å². The van der Waals surface area contributed by atoms with E-state index in [9.17, 15) is 0 Å². The van der Waals surface area contributed by atoms with Crippen LogP contribution in [0.5, 0.6) is 0 Å². The molecule has 0 aliphatic carbocycles. The average molecular weight is 181 g/mol. The quantitative estimate of drug-likeness (QED) is 0.485. The first-order valence-electron chi connectivity index (χ1n) is 4.58. The summed E-state index contributed by atoms with van der Waals surface area (Å²) in [5.41, 5.74) is -0.00222. The molecule has 0 aromatic carbocycles. The Balaban J connectivity index is 2.58. The molecular formula is C10H17N2O+. The molecule has 3 heteroatoms. The molecule has 1 aliphatic rings. The van der Waals surface area contributed by atoms with Crippen LogP contribution in [0, 0.1) is 0 Å². The molecule has 0 radical (unpaired) electrons. The van der Waals surface area contributed by atoms with Crippen molar-refractivity contribution in [3.63, 3.8) is 0 Å². The van der Waals surface area contributed by atoms with Gasteiger partial charge in [-0.2, -0.15) is 0 Å². The summed E-state index contributed by atoms with van der Waals surface area (Å²) in [6.45, 7) is 4.19. The van der Waals surface area contributed by atoms with Gasteiger partial charge in [-0.3, -0.25) is 0 Å². The summed E-state index contributed by atoms with van der Waals surface area (Å²) in [6, 6.07) is 0. The Bertz CT molecular complexity index is 256. The largest absolute Gasteiger partial charge is 0.316 e. The molecule has 72 valence electrons. The van der Waals surface area contributed by atoms with E-state index in [2.05, 4.69) is 24.4 Å². The van der Waals surface area contributed by atoms with Crippen LogP contribution < -0.4 is 0 Å². The van der Waals surface area contributed by atoms with Crippen LogP contribution in [0.2, 0.25) is 0 Å². The van der Waals surface area contributed by atoms with Gasteiger partial charge in [0.05, 0.1) is 0 Å². The van der Waals surface area contributed by atoms with Gasteiger partial charge >= 0.3 is 0 Å². The topological polar surface area (TPSA) is 24.6 Å². The van der Waals surface area contributed by atoms with Crippen molar-refractivity contribution in [3.05, 3.63) is 24.5 Å². The van der Waals surface area contributed by atoms with Gasteiger partial charge in [0.15, 0.2) is 12.3 Å². The fraction of sp³-hybridized carbons (Fsp3) is 0.600. The third-order valence-electron chi connectivity index (χ3n) is 2.45. The van der Waals surface area contributed by atoms with Crippen LogP contribution in [0.15, 0.2) is 29.8 Å². The van der Waals surface area contributed by atoms with Crippen molar-refractivity contribution in [3.8, 4) is 0 Å². The van der Waals surface area contributed by atoms with Gasteiger partial charge < -0.3 is 4.84 Å². The third kappa shape index (κ3) is 2.41. The van der Waals surface area contributed by atoms with Gasteiger partial charge in [0, 0.05) is 19.4 Å². The summed E-state index contributed by atoms with van der Waals surface area (Å²) in [4.78, 5) is 4.84. The van der Waals surface area contributed by atoms with Crippen LogP contribution in [0.25, 0.3) is 0 Å². The van der Waals surface area contributed by atoms with E-state index < -0.39 is 0 Å². The SMILES string of the molecule is CC=CCCC1(C)C=CON=[N+]1C. The molecule has 0 saturated heterocycles. The number of rotatable bonds is 3. The van der Waals surface area contributed by atoms with Gasteiger partial charge in [0.2, 0.25) is 5.54 Å². The normalized spacial score (nSPS) is 27.5. The zero-order chi connectivity index (χ0) is 9.73. The van der Waals surface area contributed by atoms with E-state index >= 15 is 0 Å². The van der Waals surface area contributed by atoms with E-state index in [0.29, 0.717) is 0 Å². The van der Waals surface area contributed by atoms with Crippen LogP contribution in [-0.4, -0.2) is 17.3 Å². The maximum atomic E-state index is 4.84. The Morgan fingerprint density at radius 3 is 3.00 bits per heavy atom. The van der Waals surface area contributed by atoms with E-state index in [-0.39, 0.29) is 5.54 Å². The lowest BCUT2D eigenvalue weighted by atomic mass is 9.95. The predicted octanol–water partition coefficient (Wildman–Crippen LogP) is 2.65. The Hall–Kier alpha value is -1.12. The molecule has 0 N–H and O–H groups in total. The minimum Gasteiger partial charge on any atom is -0.316 e. The van der Waals surface area contributed by atoms with Crippen molar-refractivity contribution in [1.29, 1.82) is 0 Å². The second-order valence-corrected chi connectivity index (χ2v) is 3.48. The monoisotopic (exact) mass is 181 g/mol. The molecule has 1 heterocycles. The lowest BCUT2D eigenvalue weighted by Crippen LogP contribution is -2.35. The Labute approximate surface area is 79.4 Å². The maximum Gasteiger partial charge on any atom is 0.210 e. The Kier molecular flexibility index (Phi) is 3.23. The minimum absolute atomic E-state index is 0.00222. The first kappa shape index (κ1) is 9.96. The second-order valence-electron chi connectivity index (χ2n) is 3.48. The molecule has 0 aromatic heterocycles. The van der Waals surface area contributed by atoms with Gasteiger partial charge in [-0.25, -0.2) is 0 Å². The fourth-order valence-electron chi connectivity index (χ4n) is 1.26. The smallest absolute Gasteiger partial charge is 0.210 e. The average Bonchev–Trinajstić information content (AvgIpc) is 2.11. The second kappa shape index (κ2) is 4.21. The molecule has 13 heavy (non-hydrogen) atoms. The highest BCUT2D eigenvalue weighted by molar-refractivity contribution is 4.97. The first-order chi connectivity index (χ1) is 6.19. The summed E-state index contributed by atoms with van der Waals surface area (Å²) >= 11 is 0. The number of hydrogen-bond donors (Lipinski definition) is 0. The molecule has 0 bridgehead atoms. The summed E-state index contributed by atoms with van der Waals surface area (Å²) in [7, 11) is 1.93. The van der Waals surface area contributed by atoms with Crippen LogP contribution in [0.1, 0.15) is 26.7 Å². The lowest BCUT2D eigenvalue weighted by Gasteiger charge is -2.19. The maximum absolute atomic E-state index is 4.84. The lowest BCUT2D eigenvalue weighted by molar-refractivity contribution is -0.652. The predicted molar refractivity (Wildman–Crippen MR) is 51.3 cm³/mol. The fourth-order valence-corrected chi connectivity index (χ4v) is 1.26. The molecule has 0 amide bonds. The van der Waals surface area contributed by atoms with Crippen LogP contribution in [0.4, 0.5) is 0 Å². The van der Waals surface area contributed by atoms with E-state index in [4.69, 9.17) is 4.84 Å². The summed E-state index contributed by atoms with van der Waals surface area (Å²) in [5.74, 6) is 0. The Morgan fingerprint density at radius 2 is 2.38 bits per heavy atom. The van der Waals surface area contributed by atoms with Crippen molar-refractivity contribution in [2.24, 2.45) is 5.28 Å². The van der Waals surface area contributed by atoms with E-state index in [0.717, 1.165) is 12.8 Å². The molecule has 0 fully saturated rings. The molecule has 1 rings (SSSR count). The van der Waals surface area contributed by atoms with E-state index in [1.54, 1.807) is 6.26 Å². The summed E-state index contributed by atoms with van der Waals surface area (Å²) in [5, 5.41) is 3.88. The van der Waals surface area contributed by atoms with Crippen molar-refractivity contribution in [1.82, 2.24) is 0 Å². The highest BCUT2D eigenvalue weighted by Crippen LogP contribution is 2.21. The van der Waals surface area contributed by atoms with E-state index in [1.165, 1.54) is 0 Å². The first-order valence-corrected chi connectivity index (χ1v) is 4.58. The molecule has 1 unspecified atom stereocenters. The highest BCUT2D eigenvalue weighted by atomic mass is 16.6. The van der Waals surface area contributed by atoms with E-state index in [1.807, 2.05) is 24.7 Å².